The Morgan fingerprint density at radius 1 is 1.61 bits per heavy atom. The molecule has 0 bridgehead atoms. The summed E-state index contributed by atoms with van der Waals surface area (Å²) in [6, 6.07) is 1.27. The minimum atomic E-state index is -0.851. The van der Waals surface area contributed by atoms with Crippen LogP contribution in [0.1, 0.15) is 10.4 Å². The van der Waals surface area contributed by atoms with Crippen molar-refractivity contribution < 1.29 is 19.6 Å². The molecular weight excluding hydrogens is 242 g/mol. The molecule has 0 aliphatic carbocycles. The van der Waals surface area contributed by atoms with Gasteiger partial charge in [-0.15, -0.1) is 0 Å². The molecule has 96 valence electrons. The number of phenolic OH excluding ortho intramolecular Hbond substituents is 1. The molecule has 0 saturated heterocycles. The normalized spacial score (nSPS) is 10.3. The molecule has 18 heavy (non-hydrogen) atoms. The topological polar surface area (TPSA) is 114 Å². The number of rotatable bonds is 5. The summed E-state index contributed by atoms with van der Waals surface area (Å²) in [5, 5.41) is 23.1. The Balaban J connectivity index is 3.55. The van der Waals surface area contributed by atoms with E-state index < -0.39 is 16.4 Å². The molecule has 0 radical (unpaired) electrons. The van der Waals surface area contributed by atoms with Crippen LogP contribution in [0, 0.1) is 10.1 Å². The number of ether oxygens (including phenoxy) is 1. The van der Waals surface area contributed by atoms with E-state index >= 15 is 0 Å². The van der Waals surface area contributed by atoms with Crippen LogP contribution in [0.2, 0.25) is 0 Å². The Labute approximate surface area is 102 Å². The second-order valence-corrected chi connectivity index (χ2v) is 3.14. The Morgan fingerprint density at radius 2 is 2.28 bits per heavy atom. The van der Waals surface area contributed by atoms with E-state index in [0.717, 1.165) is 0 Å². The number of nitrogens with zero attached hydrogens (tertiary/aromatic N) is 2. The van der Waals surface area contributed by atoms with Crippen molar-refractivity contribution in [3.05, 3.63) is 21.7 Å². The van der Waals surface area contributed by atoms with E-state index in [2.05, 4.69) is 10.3 Å². The van der Waals surface area contributed by atoms with Crippen LogP contribution in [0.4, 0.5) is 11.4 Å². The Morgan fingerprint density at radius 3 is 2.72 bits per heavy atom. The van der Waals surface area contributed by atoms with Gasteiger partial charge in [-0.1, -0.05) is 0 Å². The highest BCUT2D eigenvalue weighted by atomic mass is 16.6. The molecule has 0 aliphatic rings. The van der Waals surface area contributed by atoms with E-state index in [4.69, 9.17) is 4.74 Å². The zero-order valence-corrected chi connectivity index (χ0v) is 9.71. The molecule has 8 nitrogen and oxygen atoms in total. The first-order chi connectivity index (χ1) is 8.56. The summed E-state index contributed by atoms with van der Waals surface area (Å²) in [4.78, 5) is 24.6. The number of aromatic hydroxyl groups is 1. The van der Waals surface area contributed by atoms with Crippen molar-refractivity contribution in [3.63, 3.8) is 0 Å². The molecule has 0 heterocycles. The van der Waals surface area contributed by atoms with Crippen molar-refractivity contribution in [2.24, 2.45) is 4.99 Å². The number of hydrogen-bond acceptors (Lipinski definition) is 6. The van der Waals surface area contributed by atoms with Crippen molar-refractivity contribution >= 4 is 24.0 Å². The summed E-state index contributed by atoms with van der Waals surface area (Å²) in [5.74, 6) is -0.803. The van der Waals surface area contributed by atoms with Gasteiger partial charge in [0.25, 0.3) is 0 Å². The highest BCUT2D eigenvalue weighted by molar-refractivity contribution is 5.96. The van der Waals surface area contributed by atoms with E-state index in [9.17, 15) is 20.0 Å². The zero-order chi connectivity index (χ0) is 13.7. The maximum Gasteiger partial charge on any atom is 0.327 e. The first-order valence-electron chi connectivity index (χ1n) is 4.77. The van der Waals surface area contributed by atoms with E-state index in [1.54, 1.807) is 0 Å². The van der Waals surface area contributed by atoms with Gasteiger partial charge < -0.3 is 15.2 Å². The number of anilines is 1. The lowest BCUT2D eigenvalue weighted by Gasteiger charge is -2.10. The van der Waals surface area contributed by atoms with Gasteiger partial charge in [0, 0.05) is 13.1 Å². The molecule has 1 aromatic carbocycles. The molecule has 0 atom stereocenters. The molecule has 0 unspecified atom stereocenters. The van der Waals surface area contributed by atoms with Crippen molar-refractivity contribution in [2.75, 3.05) is 19.5 Å². The van der Waals surface area contributed by atoms with Gasteiger partial charge in [-0.25, -0.2) is 0 Å². The fourth-order valence-corrected chi connectivity index (χ4v) is 1.36. The maximum absolute atomic E-state index is 10.9. The number of carbonyl (C=O) groups is 1. The van der Waals surface area contributed by atoms with Gasteiger partial charge in [0.1, 0.15) is 5.56 Å². The summed E-state index contributed by atoms with van der Waals surface area (Å²) in [6.07, 6.45) is 1.53. The van der Waals surface area contributed by atoms with Crippen LogP contribution in [-0.2, 0) is 0 Å². The second kappa shape index (κ2) is 5.62. The SMILES string of the molecule is CN=CNc1cc(OC)c(O)c([N+](=O)[O-])c1C=O. The molecular formula is C10H11N3O5. The highest BCUT2D eigenvalue weighted by Crippen LogP contribution is 2.41. The minimum Gasteiger partial charge on any atom is -0.499 e. The number of hydrogen-bond donors (Lipinski definition) is 2. The smallest absolute Gasteiger partial charge is 0.327 e. The fraction of sp³-hybridized carbons (Fsp3) is 0.200. The summed E-state index contributed by atoms with van der Waals surface area (Å²) in [5.41, 5.74) is -0.869. The third kappa shape index (κ3) is 2.37. The minimum absolute atomic E-state index is 0.112. The molecule has 8 heteroatoms. The predicted octanol–water partition coefficient (Wildman–Crippen LogP) is 1.19. The number of nitrogens with one attached hydrogen (secondary N) is 1. The lowest BCUT2D eigenvalue weighted by Crippen LogP contribution is -2.04. The van der Waals surface area contributed by atoms with Crippen LogP contribution in [0.15, 0.2) is 11.1 Å². The molecule has 0 fully saturated rings. The summed E-state index contributed by atoms with van der Waals surface area (Å²) >= 11 is 0. The number of aldehydes is 1. The zero-order valence-electron chi connectivity index (χ0n) is 9.71. The van der Waals surface area contributed by atoms with E-state index in [1.807, 2.05) is 0 Å². The number of methoxy groups -OCH3 is 1. The van der Waals surface area contributed by atoms with Crippen molar-refractivity contribution in [1.82, 2.24) is 0 Å². The lowest BCUT2D eigenvalue weighted by molar-refractivity contribution is -0.386. The third-order valence-electron chi connectivity index (χ3n) is 2.15. The van der Waals surface area contributed by atoms with Gasteiger partial charge in [0.15, 0.2) is 12.0 Å². The molecule has 0 saturated carbocycles. The monoisotopic (exact) mass is 253 g/mol. The van der Waals surface area contributed by atoms with Crippen LogP contribution in [0.25, 0.3) is 0 Å². The predicted molar refractivity (Wildman–Crippen MR) is 64.7 cm³/mol. The first kappa shape index (κ1) is 13.4. The van der Waals surface area contributed by atoms with Crippen molar-refractivity contribution in [1.29, 1.82) is 0 Å². The fourth-order valence-electron chi connectivity index (χ4n) is 1.36. The standard InChI is InChI=1S/C10H11N3O5/c1-11-5-12-7-3-8(18-2)10(15)9(13(16)17)6(7)4-14/h3-5,15H,1-2H3,(H,11,12). The molecule has 0 aliphatic heterocycles. The van der Waals surface area contributed by atoms with Gasteiger partial charge in [0.2, 0.25) is 5.75 Å². The maximum atomic E-state index is 10.9. The molecule has 0 spiro atoms. The number of carbonyl (C=O) groups excluding carboxylic acids is 1. The summed E-state index contributed by atoms with van der Waals surface area (Å²) < 4.78 is 4.80. The quantitative estimate of drug-likeness (QED) is 0.203. The molecule has 0 aromatic heterocycles. The van der Waals surface area contributed by atoms with Crippen LogP contribution in [-0.4, -0.2) is 36.8 Å². The van der Waals surface area contributed by atoms with Crippen molar-refractivity contribution in [3.8, 4) is 11.5 Å². The molecule has 0 amide bonds. The lowest BCUT2D eigenvalue weighted by atomic mass is 10.1. The number of phenols is 1. The van der Waals surface area contributed by atoms with E-state index in [0.29, 0.717) is 0 Å². The number of nitro groups is 1. The number of benzene rings is 1. The number of nitro benzene ring substituents is 1. The average Bonchev–Trinajstić information content (AvgIpc) is 2.35. The van der Waals surface area contributed by atoms with Gasteiger partial charge in [-0.05, 0) is 0 Å². The Bertz CT molecular complexity index is 513. The van der Waals surface area contributed by atoms with Crippen molar-refractivity contribution in [2.45, 2.75) is 0 Å². The second-order valence-electron chi connectivity index (χ2n) is 3.14. The van der Waals surface area contributed by atoms with Gasteiger partial charge in [0.05, 0.1) is 24.1 Å². The van der Waals surface area contributed by atoms with Crippen LogP contribution >= 0.6 is 0 Å². The summed E-state index contributed by atoms with van der Waals surface area (Å²) in [7, 11) is 2.73. The summed E-state index contributed by atoms with van der Waals surface area (Å²) in [6.45, 7) is 0. The van der Waals surface area contributed by atoms with Gasteiger partial charge in [-0.2, -0.15) is 0 Å². The van der Waals surface area contributed by atoms with Crippen LogP contribution in [0.3, 0.4) is 0 Å². The molecule has 1 rings (SSSR count). The highest BCUT2D eigenvalue weighted by Gasteiger charge is 2.27. The molecule has 2 N–H and O–H groups in total. The number of aliphatic imine (C=N–C) groups is 1. The van der Waals surface area contributed by atoms with Gasteiger partial charge in [-0.3, -0.25) is 19.9 Å². The van der Waals surface area contributed by atoms with Crippen LogP contribution in [0.5, 0.6) is 11.5 Å². The Kier molecular flexibility index (Phi) is 4.19. The first-order valence-corrected chi connectivity index (χ1v) is 4.77. The third-order valence-corrected chi connectivity index (χ3v) is 2.15. The average molecular weight is 253 g/mol. The molecule has 1 aromatic rings. The van der Waals surface area contributed by atoms with Crippen LogP contribution < -0.4 is 10.1 Å². The van der Waals surface area contributed by atoms with Gasteiger partial charge >= 0.3 is 5.69 Å². The van der Waals surface area contributed by atoms with E-state index in [1.165, 1.54) is 26.6 Å². The largest absolute Gasteiger partial charge is 0.499 e. The van der Waals surface area contributed by atoms with E-state index in [-0.39, 0.29) is 23.3 Å². The Hall–Kier alpha value is -2.64.